The third-order valence-electron chi connectivity index (χ3n) is 3.51. The van der Waals surface area contributed by atoms with Crippen LogP contribution in [0.2, 0.25) is 0 Å². The summed E-state index contributed by atoms with van der Waals surface area (Å²) in [5.41, 5.74) is 0. The maximum absolute atomic E-state index is 10.6. The molecule has 0 aliphatic carbocycles. The van der Waals surface area contributed by atoms with Crippen molar-refractivity contribution in [1.82, 2.24) is 10.2 Å². The van der Waals surface area contributed by atoms with Crippen molar-refractivity contribution in [2.45, 2.75) is 58.0 Å². The Bertz CT molecular complexity index is 427. The fourth-order valence-electron chi connectivity index (χ4n) is 2.46. The van der Waals surface area contributed by atoms with Crippen LogP contribution in [-0.2, 0) is 22.4 Å². The van der Waals surface area contributed by atoms with Gasteiger partial charge in [-0.25, -0.2) is 0 Å². The summed E-state index contributed by atoms with van der Waals surface area (Å²) < 4.78 is 11.2. The largest absolute Gasteiger partial charge is 0.481 e. The number of aliphatic carboxylic acids is 1. The minimum atomic E-state index is -0.799. The Morgan fingerprint density at radius 2 is 2.20 bits per heavy atom. The van der Waals surface area contributed by atoms with Crippen molar-refractivity contribution in [1.29, 1.82) is 0 Å². The number of hydrogen-bond acceptors (Lipinski definition) is 5. The number of nitrogens with zero attached hydrogens (tertiary/aromatic N) is 2. The zero-order valence-electron chi connectivity index (χ0n) is 11.9. The van der Waals surface area contributed by atoms with Gasteiger partial charge in [-0.2, -0.15) is 0 Å². The van der Waals surface area contributed by atoms with E-state index >= 15 is 0 Å². The second-order valence-electron chi connectivity index (χ2n) is 5.52. The van der Waals surface area contributed by atoms with Gasteiger partial charge in [0.2, 0.25) is 11.8 Å². The maximum Gasteiger partial charge on any atom is 0.303 e. The van der Waals surface area contributed by atoms with Crippen molar-refractivity contribution < 1.29 is 19.1 Å². The average Bonchev–Trinajstić information content (AvgIpc) is 2.84. The number of carbonyl (C=O) groups is 1. The Kier molecular flexibility index (Phi) is 5.52. The van der Waals surface area contributed by atoms with Crippen LogP contribution in [0.25, 0.3) is 0 Å². The molecule has 1 aromatic heterocycles. The van der Waals surface area contributed by atoms with Crippen molar-refractivity contribution >= 4 is 5.97 Å². The normalized spacial score (nSPS) is 20.8. The van der Waals surface area contributed by atoms with E-state index in [-0.39, 0.29) is 12.3 Å². The van der Waals surface area contributed by atoms with E-state index in [2.05, 4.69) is 10.2 Å². The van der Waals surface area contributed by atoms with E-state index < -0.39 is 5.97 Å². The minimum Gasteiger partial charge on any atom is -0.481 e. The van der Waals surface area contributed by atoms with Crippen LogP contribution in [0.5, 0.6) is 0 Å². The Hall–Kier alpha value is -1.43. The smallest absolute Gasteiger partial charge is 0.303 e. The molecule has 20 heavy (non-hydrogen) atoms. The third-order valence-corrected chi connectivity index (χ3v) is 3.51. The molecule has 1 aliphatic rings. The zero-order valence-corrected chi connectivity index (χ0v) is 11.9. The van der Waals surface area contributed by atoms with Crippen molar-refractivity contribution in [3.63, 3.8) is 0 Å². The molecule has 0 aromatic carbocycles. The van der Waals surface area contributed by atoms with E-state index in [1.807, 2.05) is 6.92 Å². The number of aromatic nitrogens is 2. The van der Waals surface area contributed by atoms with Crippen molar-refractivity contribution in [2.75, 3.05) is 6.61 Å². The molecule has 0 amide bonds. The molecular weight excluding hydrogens is 260 g/mol. The van der Waals surface area contributed by atoms with Gasteiger partial charge in [0, 0.05) is 25.9 Å². The minimum absolute atomic E-state index is 0.00229. The first-order valence-electron chi connectivity index (χ1n) is 7.28. The lowest BCUT2D eigenvalue weighted by Gasteiger charge is -2.21. The highest BCUT2D eigenvalue weighted by atomic mass is 16.5. The second-order valence-corrected chi connectivity index (χ2v) is 5.52. The van der Waals surface area contributed by atoms with E-state index in [0.717, 1.165) is 32.3 Å². The van der Waals surface area contributed by atoms with E-state index in [0.29, 0.717) is 24.3 Å². The van der Waals surface area contributed by atoms with Crippen molar-refractivity contribution in [3.8, 4) is 0 Å². The van der Waals surface area contributed by atoms with Crippen LogP contribution in [0, 0.1) is 5.92 Å². The van der Waals surface area contributed by atoms with Crippen LogP contribution in [-0.4, -0.2) is 34.0 Å². The highest BCUT2D eigenvalue weighted by molar-refractivity contribution is 5.66. The molecule has 1 aliphatic heterocycles. The Morgan fingerprint density at radius 3 is 2.90 bits per heavy atom. The number of aryl methyl sites for hydroxylation is 1. The molecule has 0 spiro atoms. The number of hydrogen-bond donors (Lipinski definition) is 1. The van der Waals surface area contributed by atoms with Crippen LogP contribution in [0.4, 0.5) is 0 Å². The maximum atomic E-state index is 10.6. The molecule has 2 heterocycles. The molecule has 1 N–H and O–H groups in total. The Labute approximate surface area is 118 Å². The Morgan fingerprint density at radius 1 is 1.40 bits per heavy atom. The van der Waals surface area contributed by atoms with E-state index in [4.69, 9.17) is 14.3 Å². The predicted molar refractivity (Wildman–Crippen MR) is 71.3 cm³/mol. The monoisotopic (exact) mass is 282 g/mol. The summed E-state index contributed by atoms with van der Waals surface area (Å²) in [5.74, 6) is 0.351. The topological polar surface area (TPSA) is 85.5 Å². The first kappa shape index (κ1) is 15.0. The van der Waals surface area contributed by atoms with Crippen molar-refractivity contribution in [3.05, 3.63) is 11.8 Å². The van der Waals surface area contributed by atoms with Gasteiger partial charge in [-0.1, -0.05) is 6.92 Å². The quantitative estimate of drug-likeness (QED) is 0.825. The number of carboxylic acids is 1. The standard InChI is InChI=1S/C14H22N2O4/c1-10(9-14(17)18)8-13-16-15-12(20-13)6-5-11-4-2-3-7-19-11/h10-11H,2-9H2,1H3,(H,17,18). The molecule has 0 bridgehead atoms. The van der Waals surface area contributed by atoms with Gasteiger partial charge in [0.15, 0.2) is 0 Å². The molecular formula is C14H22N2O4. The molecule has 1 aromatic rings. The molecule has 6 nitrogen and oxygen atoms in total. The summed E-state index contributed by atoms with van der Waals surface area (Å²) in [6.07, 6.45) is 6.07. The summed E-state index contributed by atoms with van der Waals surface area (Å²) >= 11 is 0. The number of ether oxygens (including phenoxy) is 1. The van der Waals surface area contributed by atoms with E-state index in [9.17, 15) is 4.79 Å². The first-order chi connectivity index (χ1) is 9.63. The van der Waals surface area contributed by atoms with Crippen LogP contribution in [0.15, 0.2) is 4.42 Å². The lowest BCUT2D eigenvalue weighted by atomic mass is 10.0. The van der Waals surface area contributed by atoms with E-state index in [1.54, 1.807) is 0 Å². The fraction of sp³-hybridized carbons (Fsp3) is 0.786. The van der Waals surface area contributed by atoms with Crippen LogP contribution in [0.1, 0.15) is 50.8 Å². The predicted octanol–water partition coefficient (Wildman–Crippen LogP) is 2.22. The zero-order chi connectivity index (χ0) is 14.4. The lowest BCUT2D eigenvalue weighted by Crippen LogP contribution is -2.19. The summed E-state index contributed by atoms with van der Waals surface area (Å²) in [4.78, 5) is 10.6. The number of carboxylic acid groups (broad SMARTS) is 1. The summed E-state index contributed by atoms with van der Waals surface area (Å²) in [6, 6.07) is 0. The fourth-order valence-corrected chi connectivity index (χ4v) is 2.46. The van der Waals surface area contributed by atoms with Crippen LogP contribution >= 0.6 is 0 Å². The van der Waals surface area contributed by atoms with Gasteiger partial charge in [-0.3, -0.25) is 4.79 Å². The SMILES string of the molecule is CC(CC(=O)O)Cc1nnc(CCC2CCCCO2)o1. The van der Waals surface area contributed by atoms with Gasteiger partial charge < -0.3 is 14.3 Å². The molecule has 2 unspecified atom stereocenters. The molecule has 1 fully saturated rings. The average molecular weight is 282 g/mol. The molecule has 0 radical (unpaired) electrons. The first-order valence-corrected chi connectivity index (χ1v) is 7.28. The van der Waals surface area contributed by atoms with Crippen LogP contribution in [0.3, 0.4) is 0 Å². The van der Waals surface area contributed by atoms with Gasteiger partial charge in [0.05, 0.1) is 6.10 Å². The highest BCUT2D eigenvalue weighted by Gasteiger charge is 2.17. The lowest BCUT2D eigenvalue weighted by molar-refractivity contribution is -0.137. The van der Waals surface area contributed by atoms with Gasteiger partial charge in [-0.05, 0) is 31.6 Å². The molecule has 6 heteroatoms. The Balaban J connectivity index is 1.75. The molecule has 1 saturated heterocycles. The molecule has 2 rings (SSSR count). The third kappa shape index (κ3) is 4.92. The molecule has 112 valence electrons. The molecule has 0 saturated carbocycles. The van der Waals surface area contributed by atoms with Gasteiger partial charge in [-0.15, -0.1) is 10.2 Å². The van der Waals surface area contributed by atoms with Gasteiger partial charge in [0.25, 0.3) is 0 Å². The van der Waals surface area contributed by atoms with Gasteiger partial charge >= 0.3 is 5.97 Å². The van der Waals surface area contributed by atoms with Crippen molar-refractivity contribution in [2.24, 2.45) is 5.92 Å². The highest BCUT2D eigenvalue weighted by Crippen LogP contribution is 2.18. The van der Waals surface area contributed by atoms with E-state index in [1.165, 1.54) is 6.42 Å². The summed E-state index contributed by atoms with van der Waals surface area (Å²) in [5, 5.41) is 16.7. The summed E-state index contributed by atoms with van der Waals surface area (Å²) in [7, 11) is 0. The molecule has 2 atom stereocenters. The second kappa shape index (κ2) is 7.38. The number of rotatable bonds is 7. The van der Waals surface area contributed by atoms with Gasteiger partial charge in [0.1, 0.15) is 0 Å². The summed E-state index contributed by atoms with van der Waals surface area (Å²) in [6.45, 7) is 2.72. The van der Waals surface area contributed by atoms with Crippen LogP contribution < -0.4 is 0 Å².